The van der Waals surface area contributed by atoms with Crippen LogP contribution in [-0.4, -0.2) is 36.6 Å². The number of para-hydroxylation sites is 1. The summed E-state index contributed by atoms with van der Waals surface area (Å²) in [4.78, 5) is 7.90. The van der Waals surface area contributed by atoms with Crippen LogP contribution < -0.4 is 25.3 Å². The topological polar surface area (TPSA) is 118 Å². The predicted molar refractivity (Wildman–Crippen MR) is 138 cm³/mol. The maximum absolute atomic E-state index is 15.6. The van der Waals surface area contributed by atoms with Crippen molar-refractivity contribution in [2.75, 3.05) is 26.1 Å². The number of nitrogen functional groups attached to an aromatic ring is 1. The number of rotatable bonds is 10. The van der Waals surface area contributed by atoms with E-state index in [0.717, 1.165) is 11.3 Å². The number of imidazole rings is 1. The number of aromatic amines is 1. The standard InChI is InChI=1S/C27H28FN5O3/c1-4-36-18-13-20(24(28)23(14-18)35-3)25(32-17-11-9-16(10-12-17)26(29)30)27-31-15-21(33-27)19-7-5-6-8-22(19)34-2/h5-15,25,32H,4H2,1-3H3,(H3,29,30)(H,31,33). The highest BCUT2D eigenvalue weighted by molar-refractivity contribution is 5.95. The highest BCUT2D eigenvalue weighted by atomic mass is 19.1. The lowest BCUT2D eigenvalue weighted by molar-refractivity contribution is 0.331. The van der Waals surface area contributed by atoms with Crippen LogP contribution in [0.4, 0.5) is 10.1 Å². The van der Waals surface area contributed by atoms with Crippen LogP contribution in [0.2, 0.25) is 0 Å². The van der Waals surface area contributed by atoms with E-state index in [1.54, 1.807) is 43.6 Å². The molecule has 0 aliphatic carbocycles. The van der Waals surface area contributed by atoms with Gasteiger partial charge in [-0.3, -0.25) is 5.41 Å². The summed E-state index contributed by atoms with van der Waals surface area (Å²) in [5.41, 5.74) is 8.68. The number of benzene rings is 3. The van der Waals surface area contributed by atoms with Crippen molar-refractivity contribution in [2.24, 2.45) is 5.73 Å². The molecule has 1 heterocycles. The summed E-state index contributed by atoms with van der Waals surface area (Å²) in [7, 11) is 3.01. The minimum absolute atomic E-state index is 0.0363. The summed E-state index contributed by atoms with van der Waals surface area (Å²) in [5, 5.41) is 11.0. The van der Waals surface area contributed by atoms with Crippen molar-refractivity contribution in [3.63, 3.8) is 0 Å². The van der Waals surface area contributed by atoms with Gasteiger partial charge in [0.05, 0.1) is 32.7 Å². The van der Waals surface area contributed by atoms with Gasteiger partial charge in [0.2, 0.25) is 0 Å². The van der Waals surface area contributed by atoms with E-state index in [4.69, 9.17) is 25.4 Å². The third-order valence-electron chi connectivity index (χ3n) is 5.66. The lowest BCUT2D eigenvalue weighted by Gasteiger charge is -2.21. The second-order valence-corrected chi connectivity index (χ2v) is 7.91. The van der Waals surface area contributed by atoms with Crippen molar-refractivity contribution >= 4 is 11.5 Å². The molecule has 5 N–H and O–H groups in total. The molecule has 3 aromatic carbocycles. The summed E-state index contributed by atoms with van der Waals surface area (Å²) >= 11 is 0. The zero-order valence-electron chi connectivity index (χ0n) is 20.3. The summed E-state index contributed by atoms with van der Waals surface area (Å²) in [5.74, 6) is 1.12. The van der Waals surface area contributed by atoms with Crippen molar-refractivity contribution in [2.45, 2.75) is 13.0 Å². The first-order valence-corrected chi connectivity index (χ1v) is 11.3. The van der Waals surface area contributed by atoms with E-state index in [2.05, 4.69) is 15.3 Å². The van der Waals surface area contributed by atoms with Crippen LogP contribution in [0.3, 0.4) is 0 Å². The Bertz CT molecular complexity index is 1350. The zero-order chi connectivity index (χ0) is 25.7. The van der Waals surface area contributed by atoms with E-state index in [1.807, 2.05) is 31.2 Å². The highest BCUT2D eigenvalue weighted by Crippen LogP contribution is 2.36. The van der Waals surface area contributed by atoms with Crippen molar-refractivity contribution in [3.05, 3.63) is 89.6 Å². The Hall–Kier alpha value is -4.53. The van der Waals surface area contributed by atoms with Crippen LogP contribution in [0.5, 0.6) is 17.2 Å². The number of amidine groups is 1. The van der Waals surface area contributed by atoms with E-state index in [9.17, 15) is 0 Å². The monoisotopic (exact) mass is 489 g/mol. The van der Waals surface area contributed by atoms with Crippen molar-refractivity contribution in [3.8, 4) is 28.5 Å². The molecule has 4 aromatic rings. The second kappa shape index (κ2) is 10.8. The highest BCUT2D eigenvalue weighted by Gasteiger charge is 2.25. The summed E-state index contributed by atoms with van der Waals surface area (Å²) in [6, 6.07) is 17.0. The second-order valence-electron chi connectivity index (χ2n) is 7.91. The summed E-state index contributed by atoms with van der Waals surface area (Å²) < 4.78 is 32.1. The molecule has 8 nitrogen and oxygen atoms in total. The molecule has 0 amide bonds. The van der Waals surface area contributed by atoms with E-state index < -0.39 is 11.9 Å². The van der Waals surface area contributed by atoms with Gasteiger partial charge in [-0.25, -0.2) is 9.37 Å². The normalized spacial score (nSPS) is 11.6. The molecule has 0 radical (unpaired) electrons. The number of hydrogen-bond donors (Lipinski definition) is 4. The van der Waals surface area contributed by atoms with Gasteiger partial charge >= 0.3 is 0 Å². The van der Waals surface area contributed by atoms with Crippen LogP contribution in [0, 0.1) is 11.2 Å². The molecule has 0 spiro atoms. The molecule has 0 fully saturated rings. The molecule has 186 valence electrons. The van der Waals surface area contributed by atoms with Gasteiger partial charge in [-0.2, -0.15) is 0 Å². The molecular formula is C27H28FN5O3. The number of nitrogens with zero attached hydrogens (tertiary/aromatic N) is 1. The van der Waals surface area contributed by atoms with Crippen molar-refractivity contribution in [1.29, 1.82) is 5.41 Å². The predicted octanol–water partition coefficient (Wildman–Crippen LogP) is 5.12. The molecule has 0 aliphatic rings. The Kier molecular flexibility index (Phi) is 7.39. The Morgan fingerprint density at radius 2 is 1.81 bits per heavy atom. The number of methoxy groups -OCH3 is 2. The molecule has 1 unspecified atom stereocenters. The van der Waals surface area contributed by atoms with Gasteiger partial charge in [-0.15, -0.1) is 0 Å². The van der Waals surface area contributed by atoms with Gasteiger partial charge in [0.1, 0.15) is 29.2 Å². The van der Waals surface area contributed by atoms with Gasteiger partial charge in [0.25, 0.3) is 0 Å². The molecule has 1 atom stereocenters. The van der Waals surface area contributed by atoms with E-state index in [0.29, 0.717) is 35.2 Å². The van der Waals surface area contributed by atoms with Gasteiger partial charge < -0.3 is 30.2 Å². The number of ether oxygens (including phenoxy) is 3. The fourth-order valence-corrected chi connectivity index (χ4v) is 3.90. The Balaban J connectivity index is 1.82. The minimum Gasteiger partial charge on any atom is -0.496 e. The third-order valence-corrected chi connectivity index (χ3v) is 5.66. The lowest BCUT2D eigenvalue weighted by Crippen LogP contribution is -2.17. The number of halogens is 1. The molecule has 0 saturated heterocycles. The summed E-state index contributed by atoms with van der Waals surface area (Å²) in [6.45, 7) is 2.27. The molecule has 0 saturated carbocycles. The Labute approximate surface area is 208 Å². The maximum Gasteiger partial charge on any atom is 0.171 e. The molecule has 9 heteroatoms. The van der Waals surface area contributed by atoms with E-state index >= 15 is 4.39 Å². The van der Waals surface area contributed by atoms with Crippen LogP contribution in [-0.2, 0) is 0 Å². The minimum atomic E-state index is -0.731. The SMILES string of the molecule is CCOc1cc(OC)c(F)c(C(Nc2ccc(C(=N)N)cc2)c2ncc(-c3ccccc3OC)[nH]2)c1. The molecule has 1 aromatic heterocycles. The molecule has 0 bridgehead atoms. The molecule has 4 rings (SSSR count). The lowest BCUT2D eigenvalue weighted by atomic mass is 10.0. The Morgan fingerprint density at radius 1 is 1.08 bits per heavy atom. The maximum atomic E-state index is 15.6. The molecular weight excluding hydrogens is 461 g/mol. The Morgan fingerprint density at radius 3 is 2.47 bits per heavy atom. The quantitative estimate of drug-likeness (QED) is 0.181. The number of hydrogen-bond acceptors (Lipinski definition) is 6. The fourth-order valence-electron chi connectivity index (χ4n) is 3.90. The smallest absolute Gasteiger partial charge is 0.171 e. The first kappa shape index (κ1) is 24.6. The van der Waals surface area contributed by atoms with E-state index in [1.165, 1.54) is 13.2 Å². The van der Waals surface area contributed by atoms with Crippen LogP contribution >= 0.6 is 0 Å². The van der Waals surface area contributed by atoms with Gasteiger partial charge in [0, 0.05) is 28.4 Å². The average Bonchev–Trinajstić information content (AvgIpc) is 3.38. The van der Waals surface area contributed by atoms with Crippen LogP contribution in [0.1, 0.15) is 29.9 Å². The molecule has 36 heavy (non-hydrogen) atoms. The number of nitrogens with two attached hydrogens (primary N) is 1. The average molecular weight is 490 g/mol. The van der Waals surface area contributed by atoms with Crippen molar-refractivity contribution in [1.82, 2.24) is 9.97 Å². The first-order valence-electron chi connectivity index (χ1n) is 11.3. The number of aromatic nitrogens is 2. The summed E-state index contributed by atoms with van der Waals surface area (Å²) in [6.07, 6.45) is 1.68. The van der Waals surface area contributed by atoms with Gasteiger partial charge in [0.15, 0.2) is 11.6 Å². The number of H-pyrrole nitrogens is 1. The zero-order valence-corrected chi connectivity index (χ0v) is 20.3. The fraction of sp³-hybridized carbons (Fsp3) is 0.185. The van der Waals surface area contributed by atoms with Gasteiger partial charge in [-0.05, 0) is 49.4 Å². The number of anilines is 1. The van der Waals surface area contributed by atoms with Crippen LogP contribution in [0.15, 0.2) is 66.9 Å². The largest absolute Gasteiger partial charge is 0.496 e. The van der Waals surface area contributed by atoms with Gasteiger partial charge in [-0.1, -0.05) is 12.1 Å². The van der Waals surface area contributed by atoms with Crippen LogP contribution in [0.25, 0.3) is 11.3 Å². The first-order chi connectivity index (χ1) is 17.4. The third kappa shape index (κ3) is 5.10. The number of nitrogens with one attached hydrogen (secondary N) is 3. The van der Waals surface area contributed by atoms with E-state index in [-0.39, 0.29) is 17.1 Å². The van der Waals surface area contributed by atoms with Crippen molar-refractivity contribution < 1.29 is 18.6 Å². The molecule has 0 aliphatic heterocycles.